The van der Waals surface area contributed by atoms with Gasteiger partial charge >= 0.3 is 6.03 Å². The Kier molecular flexibility index (Phi) is 4.25. The second-order valence-electron chi connectivity index (χ2n) is 5.13. The Labute approximate surface area is 116 Å². The van der Waals surface area contributed by atoms with Crippen molar-refractivity contribution in [3.63, 3.8) is 0 Å². The lowest BCUT2D eigenvalue weighted by molar-refractivity contribution is -0.0471. The van der Waals surface area contributed by atoms with Crippen molar-refractivity contribution in [1.29, 1.82) is 0 Å². The van der Waals surface area contributed by atoms with Crippen molar-refractivity contribution < 1.29 is 13.6 Å². The molecule has 2 rings (SSSR count). The molecule has 1 N–H and O–H groups in total. The number of carbonyl (C=O) groups is 1. The molecule has 1 aliphatic rings. The molecule has 0 unspecified atom stereocenters. The summed E-state index contributed by atoms with van der Waals surface area (Å²) in [6.45, 7) is 2.16. The van der Waals surface area contributed by atoms with Crippen molar-refractivity contribution in [1.82, 2.24) is 20.0 Å². The van der Waals surface area contributed by atoms with E-state index in [1.54, 1.807) is 10.9 Å². The summed E-state index contributed by atoms with van der Waals surface area (Å²) in [7, 11) is 1.81. The maximum absolute atomic E-state index is 13.1. The van der Waals surface area contributed by atoms with Crippen molar-refractivity contribution in [2.24, 2.45) is 7.05 Å². The molecule has 1 aromatic heterocycles. The lowest BCUT2D eigenvalue weighted by Crippen LogP contribution is -2.48. The number of alkyl halides is 2. The summed E-state index contributed by atoms with van der Waals surface area (Å²) in [5.74, 6) is -2.64. The summed E-state index contributed by atoms with van der Waals surface area (Å²) >= 11 is 0. The van der Waals surface area contributed by atoms with Crippen molar-refractivity contribution in [3.05, 3.63) is 18.0 Å². The van der Waals surface area contributed by atoms with Gasteiger partial charge in [0.1, 0.15) is 0 Å². The summed E-state index contributed by atoms with van der Waals surface area (Å²) in [6, 6.07) is 1.41. The highest BCUT2D eigenvalue weighted by Gasteiger charge is 2.36. The van der Waals surface area contributed by atoms with Gasteiger partial charge in [-0.25, -0.2) is 13.6 Å². The van der Waals surface area contributed by atoms with Gasteiger partial charge < -0.3 is 10.2 Å². The van der Waals surface area contributed by atoms with E-state index in [4.69, 9.17) is 0 Å². The second-order valence-corrected chi connectivity index (χ2v) is 5.13. The number of aryl methyl sites for hydroxylation is 1. The zero-order valence-electron chi connectivity index (χ0n) is 11.8. The molecule has 0 bridgehead atoms. The van der Waals surface area contributed by atoms with E-state index >= 15 is 0 Å². The molecule has 2 heterocycles. The normalized spacial score (nSPS) is 19.7. The predicted molar refractivity (Wildman–Crippen MR) is 70.5 cm³/mol. The van der Waals surface area contributed by atoms with Gasteiger partial charge in [0.05, 0.1) is 11.7 Å². The van der Waals surface area contributed by atoms with Gasteiger partial charge in [0.2, 0.25) is 0 Å². The van der Waals surface area contributed by atoms with E-state index in [1.165, 1.54) is 4.90 Å². The lowest BCUT2D eigenvalue weighted by Gasteiger charge is -2.32. The Morgan fingerprint density at radius 3 is 2.65 bits per heavy atom. The number of halogens is 2. The van der Waals surface area contributed by atoms with Gasteiger partial charge in [-0.15, -0.1) is 0 Å². The molecular weight excluding hydrogens is 266 g/mol. The molecular formula is C13H20F2N4O. The average molecular weight is 286 g/mol. The Bertz CT molecular complexity index is 465. The van der Waals surface area contributed by atoms with Crippen LogP contribution in [-0.4, -0.2) is 39.7 Å². The van der Waals surface area contributed by atoms with Crippen LogP contribution in [0.4, 0.5) is 13.6 Å². The van der Waals surface area contributed by atoms with Gasteiger partial charge in [0.15, 0.2) is 0 Å². The molecule has 112 valence electrons. The van der Waals surface area contributed by atoms with E-state index in [2.05, 4.69) is 10.4 Å². The number of aromatic nitrogens is 2. The zero-order valence-corrected chi connectivity index (χ0v) is 11.8. The molecule has 0 saturated carbocycles. The van der Waals surface area contributed by atoms with E-state index in [-0.39, 0.29) is 38.0 Å². The van der Waals surface area contributed by atoms with E-state index in [9.17, 15) is 13.6 Å². The number of hydrogen-bond donors (Lipinski definition) is 1. The molecule has 2 amide bonds. The molecule has 5 nitrogen and oxygen atoms in total. The maximum Gasteiger partial charge on any atom is 0.317 e. The number of urea groups is 1. The molecule has 0 radical (unpaired) electrons. The number of nitrogens with zero attached hydrogens (tertiary/aromatic N) is 3. The molecule has 0 aromatic carbocycles. The number of rotatable bonds is 3. The molecule has 7 heteroatoms. The third-order valence-corrected chi connectivity index (χ3v) is 3.70. The summed E-state index contributed by atoms with van der Waals surface area (Å²) in [4.78, 5) is 13.6. The first kappa shape index (κ1) is 14.7. The number of likely N-dealkylation sites (tertiary alicyclic amines) is 1. The van der Waals surface area contributed by atoms with Crippen molar-refractivity contribution >= 4 is 6.03 Å². The fourth-order valence-corrected chi connectivity index (χ4v) is 2.39. The first-order valence-corrected chi connectivity index (χ1v) is 6.84. The van der Waals surface area contributed by atoms with Crippen LogP contribution in [-0.2, 0) is 7.05 Å². The van der Waals surface area contributed by atoms with Crippen LogP contribution in [0.25, 0.3) is 0 Å². The molecule has 1 aliphatic heterocycles. The largest absolute Gasteiger partial charge is 0.330 e. The van der Waals surface area contributed by atoms with Gasteiger partial charge in [-0.3, -0.25) is 4.68 Å². The Hall–Kier alpha value is -1.66. The molecule has 1 saturated heterocycles. The second kappa shape index (κ2) is 5.76. The zero-order chi connectivity index (χ0) is 14.8. The highest BCUT2D eigenvalue weighted by molar-refractivity contribution is 5.74. The quantitative estimate of drug-likeness (QED) is 0.927. The predicted octanol–water partition coefficient (Wildman–Crippen LogP) is 2.31. The first-order chi connectivity index (χ1) is 9.43. The van der Waals surface area contributed by atoms with Gasteiger partial charge in [-0.2, -0.15) is 5.10 Å². The minimum atomic E-state index is -2.64. The summed E-state index contributed by atoms with van der Waals surface area (Å²) in [6.07, 6.45) is 1.87. The SMILES string of the molecule is CC[C@H](NC(=O)N1CCC(F)(F)CC1)c1ccnn1C. The van der Waals surface area contributed by atoms with E-state index in [1.807, 2.05) is 20.0 Å². The Morgan fingerprint density at radius 1 is 1.50 bits per heavy atom. The fraction of sp³-hybridized carbons (Fsp3) is 0.692. The molecule has 1 aromatic rings. The third kappa shape index (κ3) is 3.26. The van der Waals surface area contributed by atoms with E-state index in [0.29, 0.717) is 0 Å². The Balaban J connectivity index is 1.95. The molecule has 20 heavy (non-hydrogen) atoms. The van der Waals surface area contributed by atoms with E-state index in [0.717, 1.165) is 12.1 Å². The smallest absolute Gasteiger partial charge is 0.317 e. The van der Waals surface area contributed by atoms with Crippen LogP contribution in [0.3, 0.4) is 0 Å². The summed E-state index contributed by atoms with van der Waals surface area (Å²) in [5.41, 5.74) is 0.906. The topological polar surface area (TPSA) is 50.2 Å². The van der Waals surface area contributed by atoms with Crippen LogP contribution in [0.2, 0.25) is 0 Å². The van der Waals surface area contributed by atoms with Crippen LogP contribution in [0, 0.1) is 0 Å². The summed E-state index contributed by atoms with van der Waals surface area (Å²) < 4.78 is 27.9. The maximum atomic E-state index is 13.1. The van der Waals surface area contributed by atoms with Crippen molar-refractivity contribution in [2.75, 3.05) is 13.1 Å². The van der Waals surface area contributed by atoms with E-state index < -0.39 is 5.92 Å². The van der Waals surface area contributed by atoms with Gasteiger partial charge in [-0.05, 0) is 12.5 Å². The average Bonchev–Trinajstić information content (AvgIpc) is 2.82. The fourth-order valence-electron chi connectivity index (χ4n) is 2.39. The standard InChI is InChI=1S/C13H20F2N4O/c1-3-10(11-4-7-16-18(11)2)17-12(20)19-8-5-13(14,15)6-9-19/h4,7,10H,3,5-6,8-9H2,1-2H3,(H,17,20)/t10-/m0/s1. The molecule has 0 spiro atoms. The first-order valence-electron chi connectivity index (χ1n) is 6.84. The third-order valence-electron chi connectivity index (χ3n) is 3.70. The minimum Gasteiger partial charge on any atom is -0.330 e. The van der Waals surface area contributed by atoms with Crippen LogP contribution in [0.5, 0.6) is 0 Å². The van der Waals surface area contributed by atoms with Crippen molar-refractivity contribution in [3.8, 4) is 0 Å². The highest BCUT2D eigenvalue weighted by atomic mass is 19.3. The monoisotopic (exact) mass is 286 g/mol. The Morgan fingerprint density at radius 2 is 2.15 bits per heavy atom. The summed E-state index contributed by atoms with van der Waals surface area (Å²) in [5, 5.41) is 6.97. The van der Waals surface area contributed by atoms with Crippen molar-refractivity contribution in [2.45, 2.75) is 38.2 Å². The minimum absolute atomic E-state index is 0.0979. The van der Waals surface area contributed by atoms with Crippen LogP contribution < -0.4 is 5.32 Å². The van der Waals surface area contributed by atoms with Gasteiger partial charge in [0.25, 0.3) is 5.92 Å². The lowest BCUT2D eigenvalue weighted by atomic mass is 10.1. The molecule has 1 atom stereocenters. The van der Waals surface area contributed by atoms with Gasteiger partial charge in [0, 0.05) is 39.2 Å². The van der Waals surface area contributed by atoms with Crippen LogP contribution in [0.15, 0.2) is 12.3 Å². The van der Waals surface area contributed by atoms with Crippen LogP contribution >= 0.6 is 0 Å². The van der Waals surface area contributed by atoms with Gasteiger partial charge in [-0.1, -0.05) is 6.92 Å². The number of nitrogens with one attached hydrogen (secondary N) is 1. The molecule has 0 aliphatic carbocycles. The number of carbonyl (C=O) groups excluding carboxylic acids is 1. The number of piperidine rings is 1. The number of hydrogen-bond acceptors (Lipinski definition) is 2. The number of amides is 2. The highest BCUT2D eigenvalue weighted by Crippen LogP contribution is 2.28. The molecule has 1 fully saturated rings. The van der Waals surface area contributed by atoms with Crippen LogP contribution in [0.1, 0.15) is 37.9 Å².